The average molecular weight is 440 g/mol. The molecule has 5 rings (SSSR count). The van der Waals surface area contributed by atoms with E-state index in [9.17, 15) is 4.79 Å². The van der Waals surface area contributed by atoms with Crippen molar-refractivity contribution < 1.29 is 19.5 Å². The fourth-order valence-corrected chi connectivity index (χ4v) is 4.58. The van der Waals surface area contributed by atoms with E-state index in [2.05, 4.69) is 10.6 Å². The first kappa shape index (κ1) is 19.9. The van der Waals surface area contributed by atoms with E-state index in [-0.39, 0.29) is 12.7 Å². The third-order valence-corrected chi connectivity index (χ3v) is 6.09. The van der Waals surface area contributed by atoms with Gasteiger partial charge in [0.1, 0.15) is 5.15 Å². The van der Waals surface area contributed by atoms with E-state index in [0.717, 1.165) is 76.4 Å². The molecule has 160 valence electrons. The topological polar surface area (TPSA) is 85.6 Å². The van der Waals surface area contributed by atoms with Crippen LogP contribution in [0.5, 0.6) is 11.5 Å². The molecule has 2 aromatic carbocycles. The van der Waals surface area contributed by atoms with Crippen LogP contribution in [0.2, 0.25) is 5.15 Å². The minimum Gasteiger partial charge on any atom is -0.454 e. The summed E-state index contributed by atoms with van der Waals surface area (Å²) in [7, 11) is 0. The molecule has 0 aliphatic carbocycles. The van der Waals surface area contributed by atoms with Gasteiger partial charge in [-0.05, 0) is 18.9 Å². The first-order valence-corrected chi connectivity index (χ1v) is 10.8. The second-order valence-corrected chi connectivity index (χ2v) is 8.08. The van der Waals surface area contributed by atoms with Crippen LogP contribution in [0, 0.1) is 0 Å². The van der Waals surface area contributed by atoms with Crippen molar-refractivity contribution >= 4 is 50.2 Å². The lowest BCUT2D eigenvalue weighted by molar-refractivity contribution is -0.129. The normalized spacial score (nSPS) is 12.8. The molecule has 0 saturated heterocycles. The molecule has 0 bridgehead atoms. The number of amides is 1. The number of nitrogens with zero attached hydrogens (tertiary/aromatic N) is 2. The molecule has 4 aromatic rings. The standard InChI is InChI=1S/C23H22ClN3O4/c24-23-15-8-5-4-7-14(15)22-21(25-23)16-11-18-19(31-13-30-18)12-17(16)27(22)10-6-2-1-3-9-20(28)26-29/h4-5,7-8,11-12,29H,1-3,6,9-10,13H2,(H,26,28). The van der Waals surface area contributed by atoms with Crippen LogP contribution in [0.4, 0.5) is 0 Å². The molecule has 31 heavy (non-hydrogen) atoms. The lowest BCUT2D eigenvalue weighted by Gasteiger charge is -2.10. The van der Waals surface area contributed by atoms with E-state index in [1.807, 2.05) is 30.3 Å². The summed E-state index contributed by atoms with van der Waals surface area (Å²) in [6, 6.07) is 12.1. The highest BCUT2D eigenvalue weighted by atomic mass is 35.5. The van der Waals surface area contributed by atoms with Gasteiger partial charge < -0.3 is 14.0 Å². The summed E-state index contributed by atoms with van der Waals surface area (Å²) in [4.78, 5) is 15.9. The third kappa shape index (κ3) is 3.54. The summed E-state index contributed by atoms with van der Waals surface area (Å²) < 4.78 is 13.5. The molecular formula is C23H22ClN3O4. The van der Waals surface area contributed by atoms with Gasteiger partial charge in [0.2, 0.25) is 12.7 Å². The van der Waals surface area contributed by atoms with Crippen LogP contribution >= 0.6 is 11.6 Å². The molecule has 0 fully saturated rings. The van der Waals surface area contributed by atoms with Crippen molar-refractivity contribution in [2.75, 3.05) is 6.79 Å². The molecule has 3 heterocycles. The molecule has 0 atom stereocenters. The van der Waals surface area contributed by atoms with Gasteiger partial charge in [0.05, 0.1) is 16.6 Å². The number of aryl methyl sites for hydroxylation is 1. The van der Waals surface area contributed by atoms with Crippen molar-refractivity contribution in [1.82, 2.24) is 15.0 Å². The fraction of sp³-hybridized carbons (Fsp3) is 0.304. The van der Waals surface area contributed by atoms with Gasteiger partial charge in [-0.15, -0.1) is 0 Å². The first-order chi connectivity index (χ1) is 15.2. The molecule has 1 aliphatic heterocycles. The quantitative estimate of drug-likeness (QED) is 0.179. The smallest absolute Gasteiger partial charge is 0.243 e. The van der Waals surface area contributed by atoms with Crippen molar-refractivity contribution in [2.24, 2.45) is 0 Å². The molecule has 8 heteroatoms. The Labute approximate surface area is 183 Å². The van der Waals surface area contributed by atoms with Crippen molar-refractivity contribution in [3.63, 3.8) is 0 Å². The van der Waals surface area contributed by atoms with Crippen molar-refractivity contribution in [2.45, 2.75) is 38.6 Å². The molecule has 1 aliphatic rings. The molecule has 0 radical (unpaired) electrons. The lowest BCUT2D eigenvalue weighted by atomic mass is 10.1. The van der Waals surface area contributed by atoms with Crippen LogP contribution in [0.3, 0.4) is 0 Å². The molecule has 2 N–H and O–H groups in total. The van der Waals surface area contributed by atoms with Gasteiger partial charge in [-0.25, -0.2) is 10.5 Å². The number of hydrogen-bond acceptors (Lipinski definition) is 5. The SMILES string of the molecule is O=C(CCCCCCn1c2cc3c(cc2c2nc(Cl)c4ccccc4c21)OCO3)NO. The number of unbranched alkanes of at least 4 members (excludes halogenated alkanes) is 3. The van der Waals surface area contributed by atoms with Gasteiger partial charge in [0, 0.05) is 35.2 Å². The Morgan fingerprint density at radius 3 is 2.61 bits per heavy atom. The molecular weight excluding hydrogens is 418 g/mol. The van der Waals surface area contributed by atoms with Gasteiger partial charge in [-0.3, -0.25) is 10.0 Å². The number of nitrogens with one attached hydrogen (secondary N) is 1. The number of halogens is 1. The number of aromatic nitrogens is 2. The number of carbonyl (C=O) groups excluding carboxylic acids is 1. The fourth-order valence-electron chi connectivity index (χ4n) is 4.33. The summed E-state index contributed by atoms with van der Waals surface area (Å²) in [5.41, 5.74) is 4.63. The number of fused-ring (bicyclic) bond motifs is 6. The number of hydroxylamine groups is 1. The zero-order chi connectivity index (χ0) is 21.4. The van der Waals surface area contributed by atoms with E-state index < -0.39 is 0 Å². The van der Waals surface area contributed by atoms with Crippen LogP contribution < -0.4 is 15.0 Å². The Balaban J connectivity index is 1.54. The monoisotopic (exact) mass is 439 g/mol. The van der Waals surface area contributed by atoms with Crippen LogP contribution in [-0.2, 0) is 11.3 Å². The third-order valence-electron chi connectivity index (χ3n) is 5.81. The van der Waals surface area contributed by atoms with Crippen LogP contribution in [0.15, 0.2) is 36.4 Å². The zero-order valence-electron chi connectivity index (χ0n) is 16.9. The number of rotatable bonds is 7. The van der Waals surface area contributed by atoms with Crippen molar-refractivity contribution in [1.29, 1.82) is 0 Å². The van der Waals surface area contributed by atoms with E-state index in [4.69, 9.17) is 31.3 Å². The van der Waals surface area contributed by atoms with Gasteiger partial charge in [0.25, 0.3) is 0 Å². The van der Waals surface area contributed by atoms with Gasteiger partial charge in [-0.2, -0.15) is 0 Å². The number of hydrogen-bond donors (Lipinski definition) is 2. The number of benzene rings is 2. The number of ether oxygens (including phenoxy) is 2. The largest absolute Gasteiger partial charge is 0.454 e. The maximum atomic E-state index is 11.2. The molecule has 0 saturated carbocycles. The predicted molar refractivity (Wildman–Crippen MR) is 119 cm³/mol. The maximum Gasteiger partial charge on any atom is 0.243 e. The minimum absolute atomic E-state index is 0.221. The van der Waals surface area contributed by atoms with Gasteiger partial charge in [-0.1, -0.05) is 48.7 Å². The highest BCUT2D eigenvalue weighted by molar-refractivity contribution is 6.36. The number of pyridine rings is 1. The molecule has 0 unspecified atom stereocenters. The van der Waals surface area contributed by atoms with Gasteiger partial charge >= 0.3 is 0 Å². The average Bonchev–Trinajstić information content (AvgIpc) is 3.37. The Morgan fingerprint density at radius 1 is 1.06 bits per heavy atom. The number of carbonyl (C=O) groups is 1. The Bertz CT molecular complexity index is 1300. The van der Waals surface area contributed by atoms with Crippen molar-refractivity contribution in [3.05, 3.63) is 41.6 Å². The summed E-state index contributed by atoms with van der Waals surface area (Å²) in [6.45, 7) is 1.03. The second-order valence-electron chi connectivity index (χ2n) is 7.72. The maximum absolute atomic E-state index is 11.2. The first-order valence-electron chi connectivity index (χ1n) is 10.4. The Hall–Kier alpha value is -3.03. The van der Waals surface area contributed by atoms with E-state index >= 15 is 0 Å². The zero-order valence-corrected chi connectivity index (χ0v) is 17.6. The van der Waals surface area contributed by atoms with Crippen LogP contribution in [0.1, 0.15) is 32.1 Å². The molecule has 7 nitrogen and oxygen atoms in total. The molecule has 1 amide bonds. The molecule has 0 spiro atoms. The van der Waals surface area contributed by atoms with Gasteiger partial charge in [0.15, 0.2) is 11.5 Å². The Kier molecular flexibility index (Phi) is 5.29. The predicted octanol–water partition coefficient (Wildman–Crippen LogP) is 5.18. The molecule has 2 aromatic heterocycles. The minimum atomic E-state index is -0.340. The summed E-state index contributed by atoms with van der Waals surface area (Å²) >= 11 is 6.54. The van der Waals surface area contributed by atoms with E-state index in [0.29, 0.717) is 11.6 Å². The summed E-state index contributed by atoms with van der Waals surface area (Å²) in [5, 5.41) is 12.1. The highest BCUT2D eigenvalue weighted by Crippen LogP contribution is 2.42. The highest BCUT2D eigenvalue weighted by Gasteiger charge is 2.22. The lowest BCUT2D eigenvalue weighted by Crippen LogP contribution is -2.17. The summed E-state index contributed by atoms with van der Waals surface area (Å²) in [6.07, 6.45) is 3.93. The summed E-state index contributed by atoms with van der Waals surface area (Å²) in [5.74, 6) is 1.12. The Morgan fingerprint density at radius 2 is 1.81 bits per heavy atom. The van der Waals surface area contributed by atoms with E-state index in [1.54, 1.807) is 5.48 Å². The van der Waals surface area contributed by atoms with Crippen LogP contribution in [-0.4, -0.2) is 27.5 Å². The van der Waals surface area contributed by atoms with E-state index in [1.165, 1.54) is 0 Å². The van der Waals surface area contributed by atoms with Crippen LogP contribution in [0.25, 0.3) is 32.7 Å². The van der Waals surface area contributed by atoms with Crippen molar-refractivity contribution in [3.8, 4) is 11.5 Å². The second kappa shape index (κ2) is 8.24.